The molecule has 0 atom stereocenters. The highest BCUT2D eigenvalue weighted by Crippen LogP contribution is 2.46. The molecule has 2 amide bonds. The molecule has 1 aromatic heterocycles. The van der Waals surface area contributed by atoms with Crippen molar-refractivity contribution in [1.82, 2.24) is 10.7 Å². The number of carbonyl (C=O) groups excluding carboxylic acids is 2. The Balaban J connectivity index is 1.80. The topological polar surface area (TPSA) is 83.7 Å². The van der Waals surface area contributed by atoms with Gasteiger partial charge in [0.05, 0.1) is 5.71 Å². The zero-order chi connectivity index (χ0) is 25.3. The first-order valence-electron chi connectivity index (χ1n) is 9.91. The standard InChI is InChI=1S/C21H18F7N3O3/c1-11-15-13(30-31-18(33)19(22,23)20(24,25)21(26,27)28)8-5-9-14(15)34-16(11)17(32)29-10-12-6-3-2-4-7-12/h2-4,6-7H,5,8-10H2,1H3,(H,29,32)(H,31,33)/b30-13+. The lowest BCUT2D eigenvalue weighted by Gasteiger charge is -2.26. The SMILES string of the molecule is Cc1c(C(=O)NCc2ccccc2)oc2c1/C(=N/NC(=O)C(F)(F)C(F)(F)C(F)(F)F)CCC2. The number of nitrogens with zero attached hydrogens (tertiary/aromatic N) is 1. The Bertz CT molecular complexity index is 1110. The number of carbonyl (C=O) groups is 2. The second kappa shape index (κ2) is 9.11. The minimum atomic E-state index is -6.65. The van der Waals surface area contributed by atoms with Crippen molar-refractivity contribution in [2.75, 3.05) is 0 Å². The van der Waals surface area contributed by atoms with Crippen LogP contribution in [-0.4, -0.2) is 35.5 Å². The van der Waals surface area contributed by atoms with Crippen LogP contribution in [0.15, 0.2) is 39.9 Å². The van der Waals surface area contributed by atoms with Gasteiger partial charge in [-0.3, -0.25) is 9.59 Å². The van der Waals surface area contributed by atoms with E-state index in [9.17, 15) is 40.3 Å². The van der Waals surface area contributed by atoms with Gasteiger partial charge in [0.25, 0.3) is 5.91 Å². The van der Waals surface area contributed by atoms with Crippen LogP contribution in [-0.2, 0) is 17.8 Å². The van der Waals surface area contributed by atoms with E-state index in [4.69, 9.17) is 4.42 Å². The van der Waals surface area contributed by atoms with Crippen LogP contribution in [0.25, 0.3) is 0 Å². The normalized spacial score (nSPS) is 15.7. The van der Waals surface area contributed by atoms with Gasteiger partial charge in [0.15, 0.2) is 5.76 Å². The molecule has 0 radical (unpaired) electrons. The number of hydrazone groups is 1. The van der Waals surface area contributed by atoms with E-state index in [1.54, 1.807) is 30.3 Å². The summed E-state index contributed by atoms with van der Waals surface area (Å²) < 4.78 is 95.6. The molecule has 0 saturated carbocycles. The number of aryl methyl sites for hydroxylation is 1. The maximum Gasteiger partial charge on any atom is 0.460 e. The molecule has 2 aromatic rings. The van der Waals surface area contributed by atoms with Crippen molar-refractivity contribution >= 4 is 17.5 Å². The van der Waals surface area contributed by atoms with Crippen LogP contribution >= 0.6 is 0 Å². The first kappa shape index (κ1) is 25.2. The van der Waals surface area contributed by atoms with Gasteiger partial charge < -0.3 is 9.73 Å². The van der Waals surface area contributed by atoms with Crippen molar-refractivity contribution in [3.05, 3.63) is 58.5 Å². The van der Waals surface area contributed by atoms with Crippen LogP contribution < -0.4 is 10.7 Å². The molecule has 1 heterocycles. The highest BCUT2D eigenvalue weighted by Gasteiger charge is 2.76. The van der Waals surface area contributed by atoms with Gasteiger partial charge in [-0.2, -0.15) is 35.8 Å². The number of benzene rings is 1. The van der Waals surface area contributed by atoms with E-state index in [1.807, 2.05) is 0 Å². The molecule has 0 bridgehead atoms. The maximum absolute atomic E-state index is 13.5. The Morgan fingerprint density at radius 3 is 2.29 bits per heavy atom. The lowest BCUT2D eigenvalue weighted by atomic mass is 9.93. The molecule has 0 aliphatic heterocycles. The van der Waals surface area contributed by atoms with E-state index in [0.29, 0.717) is 12.8 Å². The zero-order valence-corrected chi connectivity index (χ0v) is 17.5. The minimum absolute atomic E-state index is 0.0694. The summed E-state index contributed by atoms with van der Waals surface area (Å²) in [7, 11) is 0. The second-order valence-electron chi connectivity index (χ2n) is 7.52. The Kier molecular flexibility index (Phi) is 6.76. The summed E-state index contributed by atoms with van der Waals surface area (Å²) in [6, 6.07) is 8.93. The van der Waals surface area contributed by atoms with Gasteiger partial charge in [0.1, 0.15) is 5.76 Å². The number of rotatable bonds is 6. The van der Waals surface area contributed by atoms with E-state index in [0.717, 1.165) is 11.0 Å². The number of halogens is 7. The quantitative estimate of drug-likeness (QED) is 0.459. The molecule has 1 aromatic carbocycles. The lowest BCUT2D eigenvalue weighted by Crippen LogP contribution is -2.58. The second-order valence-corrected chi connectivity index (χ2v) is 7.52. The monoisotopic (exact) mass is 493 g/mol. The van der Waals surface area contributed by atoms with Gasteiger partial charge in [-0.1, -0.05) is 30.3 Å². The molecule has 34 heavy (non-hydrogen) atoms. The molecule has 0 spiro atoms. The molecule has 184 valence electrons. The summed E-state index contributed by atoms with van der Waals surface area (Å²) in [5.41, 5.74) is 2.27. The van der Waals surface area contributed by atoms with E-state index in [1.165, 1.54) is 6.92 Å². The fraction of sp³-hybridized carbons (Fsp3) is 0.381. The third kappa shape index (κ3) is 4.64. The Morgan fingerprint density at radius 1 is 1.03 bits per heavy atom. The van der Waals surface area contributed by atoms with Gasteiger partial charge in [-0.05, 0) is 25.3 Å². The van der Waals surface area contributed by atoms with Crippen molar-refractivity contribution in [3.8, 4) is 0 Å². The molecule has 2 N–H and O–H groups in total. The number of alkyl halides is 7. The predicted octanol–water partition coefficient (Wildman–Crippen LogP) is 4.51. The van der Waals surface area contributed by atoms with Crippen LogP contribution in [0.4, 0.5) is 30.7 Å². The molecule has 13 heteroatoms. The highest BCUT2D eigenvalue weighted by molar-refractivity contribution is 6.06. The minimum Gasteiger partial charge on any atom is -0.455 e. The first-order valence-corrected chi connectivity index (χ1v) is 9.91. The zero-order valence-electron chi connectivity index (χ0n) is 17.5. The number of hydrogen-bond acceptors (Lipinski definition) is 4. The van der Waals surface area contributed by atoms with E-state index in [2.05, 4.69) is 10.4 Å². The summed E-state index contributed by atoms with van der Waals surface area (Å²) in [5.74, 6) is -16.1. The molecule has 3 rings (SSSR count). The van der Waals surface area contributed by atoms with Crippen LogP contribution in [0.2, 0.25) is 0 Å². The number of amides is 2. The molecule has 1 aliphatic carbocycles. The summed E-state index contributed by atoms with van der Waals surface area (Å²) in [6.07, 6.45) is -5.91. The van der Waals surface area contributed by atoms with Gasteiger partial charge >= 0.3 is 23.9 Å². The molecule has 6 nitrogen and oxygen atoms in total. The van der Waals surface area contributed by atoms with Gasteiger partial charge in [-0.15, -0.1) is 0 Å². The molecule has 0 unspecified atom stereocenters. The van der Waals surface area contributed by atoms with E-state index < -0.39 is 29.8 Å². The van der Waals surface area contributed by atoms with E-state index >= 15 is 0 Å². The summed E-state index contributed by atoms with van der Waals surface area (Å²) in [5, 5.41) is 6.01. The average Bonchev–Trinajstić information content (AvgIpc) is 3.12. The fourth-order valence-electron chi connectivity index (χ4n) is 3.36. The van der Waals surface area contributed by atoms with Crippen molar-refractivity contribution in [2.45, 2.75) is 50.8 Å². The first-order chi connectivity index (χ1) is 15.8. The van der Waals surface area contributed by atoms with Crippen molar-refractivity contribution in [3.63, 3.8) is 0 Å². The van der Waals surface area contributed by atoms with Gasteiger partial charge in [-0.25, -0.2) is 5.43 Å². The van der Waals surface area contributed by atoms with Gasteiger partial charge in [0, 0.05) is 24.1 Å². The molecular formula is C21H18F7N3O3. The predicted molar refractivity (Wildman–Crippen MR) is 105 cm³/mol. The number of nitrogens with one attached hydrogen (secondary N) is 2. The Labute approximate surface area is 188 Å². The molecule has 0 fully saturated rings. The van der Waals surface area contributed by atoms with E-state index in [-0.39, 0.29) is 41.3 Å². The Hall–Kier alpha value is -3.38. The number of fused-ring (bicyclic) bond motifs is 1. The number of furan rings is 1. The van der Waals surface area contributed by atoms with Crippen molar-refractivity contribution < 1.29 is 44.7 Å². The van der Waals surface area contributed by atoms with Crippen LogP contribution in [0.1, 0.15) is 45.8 Å². The molecular weight excluding hydrogens is 475 g/mol. The Morgan fingerprint density at radius 2 is 1.68 bits per heavy atom. The van der Waals surface area contributed by atoms with Crippen molar-refractivity contribution in [1.29, 1.82) is 0 Å². The summed E-state index contributed by atoms with van der Waals surface area (Å²) >= 11 is 0. The molecule has 0 saturated heterocycles. The fourth-order valence-corrected chi connectivity index (χ4v) is 3.36. The summed E-state index contributed by atoms with van der Waals surface area (Å²) in [4.78, 5) is 24.1. The number of hydrogen-bond donors (Lipinski definition) is 2. The molecule has 1 aliphatic rings. The van der Waals surface area contributed by atoms with Crippen LogP contribution in [0.3, 0.4) is 0 Å². The maximum atomic E-state index is 13.5. The average molecular weight is 493 g/mol. The van der Waals surface area contributed by atoms with Gasteiger partial charge in [0.2, 0.25) is 0 Å². The largest absolute Gasteiger partial charge is 0.460 e. The highest BCUT2D eigenvalue weighted by atomic mass is 19.4. The lowest BCUT2D eigenvalue weighted by molar-refractivity contribution is -0.344. The third-order valence-corrected chi connectivity index (χ3v) is 5.16. The third-order valence-electron chi connectivity index (χ3n) is 5.16. The van der Waals surface area contributed by atoms with Crippen LogP contribution in [0, 0.1) is 6.92 Å². The van der Waals surface area contributed by atoms with Crippen molar-refractivity contribution in [2.24, 2.45) is 5.10 Å². The van der Waals surface area contributed by atoms with Crippen LogP contribution in [0.5, 0.6) is 0 Å². The smallest absolute Gasteiger partial charge is 0.455 e. The summed E-state index contributed by atoms with van der Waals surface area (Å²) in [6.45, 7) is 1.65.